The van der Waals surface area contributed by atoms with Crippen LogP contribution in [0.15, 0.2) is 42.7 Å². The van der Waals surface area contributed by atoms with Crippen LogP contribution < -0.4 is 4.74 Å². The lowest BCUT2D eigenvalue weighted by Crippen LogP contribution is -2.33. The summed E-state index contributed by atoms with van der Waals surface area (Å²) in [5.41, 5.74) is -2.17. The number of aliphatic hydroxyl groups is 1. The molecule has 6 rings (SSSR count). The molecule has 1 saturated heterocycles. The summed E-state index contributed by atoms with van der Waals surface area (Å²) in [5, 5.41) is 43.5. The quantitative estimate of drug-likeness (QED) is 0.302. The second-order valence-electron chi connectivity index (χ2n) is 9.91. The van der Waals surface area contributed by atoms with Crippen LogP contribution in [0.3, 0.4) is 0 Å². The number of rotatable bonds is 5. The van der Waals surface area contributed by atoms with Crippen LogP contribution in [0.1, 0.15) is 42.0 Å². The fourth-order valence-corrected chi connectivity index (χ4v) is 6.01. The van der Waals surface area contributed by atoms with Crippen LogP contribution in [0, 0.1) is 11.3 Å². The van der Waals surface area contributed by atoms with Crippen molar-refractivity contribution in [2.45, 2.75) is 43.2 Å². The minimum absolute atomic E-state index is 0.0400. The van der Waals surface area contributed by atoms with Gasteiger partial charge in [-0.2, -0.15) is 18.4 Å². The van der Waals surface area contributed by atoms with Crippen molar-refractivity contribution in [2.75, 3.05) is 6.61 Å². The molecule has 0 saturated carbocycles. The van der Waals surface area contributed by atoms with E-state index in [2.05, 4.69) is 16.0 Å². The summed E-state index contributed by atoms with van der Waals surface area (Å²) in [4.78, 5) is 7.95. The number of fused-ring (bicyclic) bond motifs is 6. The molecule has 1 aromatic carbocycles. The Balaban J connectivity index is 1.39. The van der Waals surface area contributed by atoms with Crippen LogP contribution in [0.4, 0.5) is 13.2 Å². The Morgan fingerprint density at radius 1 is 1.23 bits per heavy atom. The molecule has 2 aliphatic rings. The minimum Gasteiger partial charge on any atom is -0.494 e. The minimum atomic E-state index is -4.62. The van der Waals surface area contributed by atoms with Gasteiger partial charge in [0.1, 0.15) is 22.3 Å². The SMILES string of the molecule is C[C@@]12O[C@@](CCOc3ncc(C(F)(F)F)cc3Cl)(C[C@H]1O)c1c2c(O)n(-c2ccc(C#N)c3ncccc23)c1O. The average molecular weight is 573 g/mol. The van der Waals surface area contributed by atoms with Crippen LogP contribution >= 0.6 is 11.6 Å². The summed E-state index contributed by atoms with van der Waals surface area (Å²) in [6, 6.07) is 9.26. The van der Waals surface area contributed by atoms with Crippen molar-refractivity contribution in [1.29, 1.82) is 5.26 Å². The van der Waals surface area contributed by atoms with Crippen molar-refractivity contribution in [2.24, 2.45) is 0 Å². The maximum Gasteiger partial charge on any atom is 0.417 e. The van der Waals surface area contributed by atoms with Gasteiger partial charge in [-0.3, -0.25) is 9.55 Å². The van der Waals surface area contributed by atoms with Gasteiger partial charge in [-0.25, -0.2) is 4.98 Å². The topological polar surface area (TPSA) is 134 Å². The second kappa shape index (κ2) is 8.72. The van der Waals surface area contributed by atoms with E-state index in [0.717, 1.165) is 0 Å². The Morgan fingerprint density at radius 3 is 2.67 bits per heavy atom. The van der Waals surface area contributed by atoms with E-state index in [1.807, 2.05) is 0 Å². The van der Waals surface area contributed by atoms with Crippen molar-refractivity contribution in [3.05, 3.63) is 70.0 Å². The third kappa shape index (κ3) is 3.62. The van der Waals surface area contributed by atoms with Gasteiger partial charge in [0.25, 0.3) is 0 Å². The number of benzene rings is 1. The molecule has 3 atom stereocenters. The van der Waals surface area contributed by atoms with E-state index in [1.54, 1.807) is 25.1 Å². The van der Waals surface area contributed by atoms with E-state index in [4.69, 9.17) is 21.1 Å². The molecular weight excluding hydrogens is 553 g/mol. The lowest BCUT2D eigenvalue weighted by molar-refractivity contribution is -0.137. The molecule has 0 radical (unpaired) electrons. The van der Waals surface area contributed by atoms with Crippen molar-refractivity contribution in [3.8, 4) is 29.4 Å². The van der Waals surface area contributed by atoms with Gasteiger partial charge < -0.3 is 24.8 Å². The maximum absolute atomic E-state index is 12.9. The molecule has 0 unspecified atom stereocenters. The van der Waals surface area contributed by atoms with E-state index >= 15 is 0 Å². The average Bonchev–Trinajstić information content (AvgIpc) is 3.44. The summed E-state index contributed by atoms with van der Waals surface area (Å²) in [5.74, 6) is -0.894. The summed E-state index contributed by atoms with van der Waals surface area (Å²) in [7, 11) is 0. The van der Waals surface area contributed by atoms with E-state index < -0.39 is 29.0 Å². The maximum atomic E-state index is 12.9. The number of hydrogen-bond donors (Lipinski definition) is 3. The lowest BCUT2D eigenvalue weighted by atomic mass is 9.76. The molecule has 40 heavy (non-hydrogen) atoms. The highest BCUT2D eigenvalue weighted by Crippen LogP contribution is 2.65. The molecule has 1 fully saturated rings. The summed E-state index contributed by atoms with van der Waals surface area (Å²) < 4.78 is 51.9. The standard InChI is InChI=1S/C27H20ClF3N4O5/c1-25-18(36)10-26(40-25,6-8-39-22-16(28)9-14(12-34-22)27(29,30)31)20-19(25)23(37)35(24(20)38)17-5-4-13(11-32)21-15(17)3-2-7-33-21/h2-5,7,9,12,18,36-38H,6,8,10H2,1H3/t18-,25-,26+/m1/s1. The molecule has 2 bridgehead atoms. The second-order valence-corrected chi connectivity index (χ2v) is 10.3. The zero-order valence-corrected chi connectivity index (χ0v) is 21.5. The molecule has 3 N–H and O–H groups in total. The third-order valence-corrected chi connectivity index (χ3v) is 7.90. The first-order valence-electron chi connectivity index (χ1n) is 12.1. The predicted molar refractivity (Wildman–Crippen MR) is 134 cm³/mol. The van der Waals surface area contributed by atoms with Crippen LogP contribution in [0.5, 0.6) is 17.6 Å². The Kier molecular flexibility index (Phi) is 5.71. The van der Waals surface area contributed by atoms with Crippen LogP contribution in [0.2, 0.25) is 5.02 Å². The molecular formula is C27H20ClF3N4O5. The molecule has 3 aromatic heterocycles. The number of nitrogens with zero attached hydrogens (tertiary/aromatic N) is 4. The number of halogens is 4. The van der Waals surface area contributed by atoms with Gasteiger partial charge in [0.15, 0.2) is 0 Å². The van der Waals surface area contributed by atoms with Gasteiger partial charge >= 0.3 is 6.18 Å². The van der Waals surface area contributed by atoms with Gasteiger partial charge in [0, 0.05) is 30.6 Å². The first-order chi connectivity index (χ1) is 18.9. The van der Waals surface area contributed by atoms with Gasteiger partial charge in [-0.15, -0.1) is 0 Å². The summed E-state index contributed by atoms with van der Waals surface area (Å²) in [6.07, 6.45) is -3.43. The van der Waals surface area contributed by atoms with Gasteiger partial charge in [-0.05, 0) is 37.3 Å². The molecule has 0 spiro atoms. The highest BCUT2D eigenvalue weighted by molar-refractivity contribution is 6.31. The number of nitriles is 1. The van der Waals surface area contributed by atoms with E-state index in [1.165, 1.54) is 16.8 Å². The Bertz CT molecular complexity index is 1740. The van der Waals surface area contributed by atoms with Gasteiger partial charge in [0.2, 0.25) is 17.6 Å². The van der Waals surface area contributed by atoms with Gasteiger partial charge in [-0.1, -0.05) is 11.6 Å². The molecule has 13 heteroatoms. The largest absolute Gasteiger partial charge is 0.494 e. The highest BCUT2D eigenvalue weighted by Gasteiger charge is 2.66. The summed E-state index contributed by atoms with van der Waals surface area (Å²) >= 11 is 5.96. The van der Waals surface area contributed by atoms with Crippen LogP contribution in [-0.4, -0.2) is 42.6 Å². The molecule has 0 amide bonds. The number of ether oxygens (including phenoxy) is 2. The molecule has 4 aromatic rings. The number of alkyl halides is 3. The fraction of sp³-hybridized carbons (Fsp3) is 0.296. The fourth-order valence-electron chi connectivity index (χ4n) is 5.79. The molecule has 9 nitrogen and oxygen atoms in total. The summed E-state index contributed by atoms with van der Waals surface area (Å²) in [6.45, 7) is 1.46. The van der Waals surface area contributed by atoms with Crippen molar-refractivity contribution >= 4 is 22.5 Å². The molecule has 5 heterocycles. The van der Waals surface area contributed by atoms with Crippen molar-refractivity contribution in [1.82, 2.24) is 14.5 Å². The molecule has 206 valence electrons. The molecule has 2 aliphatic heterocycles. The zero-order valence-electron chi connectivity index (χ0n) is 20.7. The van der Waals surface area contributed by atoms with E-state index in [-0.39, 0.29) is 53.2 Å². The lowest BCUT2D eigenvalue weighted by Gasteiger charge is -2.26. The Labute approximate surface area is 229 Å². The van der Waals surface area contributed by atoms with Crippen molar-refractivity contribution in [3.63, 3.8) is 0 Å². The first kappa shape index (κ1) is 26.2. The number of pyridine rings is 2. The Hall–Kier alpha value is -4.05. The van der Waals surface area contributed by atoms with Crippen LogP contribution in [-0.2, 0) is 22.1 Å². The molecule has 0 aliphatic carbocycles. The third-order valence-electron chi connectivity index (χ3n) is 7.63. The smallest absolute Gasteiger partial charge is 0.417 e. The number of aromatic hydroxyl groups is 2. The normalized spacial score (nSPS) is 23.4. The van der Waals surface area contributed by atoms with Gasteiger partial charge in [0.05, 0.1) is 46.2 Å². The van der Waals surface area contributed by atoms with Crippen molar-refractivity contribution < 1.29 is 38.0 Å². The zero-order chi connectivity index (χ0) is 28.6. The predicted octanol–water partition coefficient (Wildman–Crippen LogP) is 5.05. The highest BCUT2D eigenvalue weighted by atomic mass is 35.5. The first-order valence-corrected chi connectivity index (χ1v) is 12.5. The monoisotopic (exact) mass is 572 g/mol. The van der Waals surface area contributed by atoms with E-state index in [9.17, 15) is 33.8 Å². The number of aliphatic hydroxyl groups excluding tert-OH is 1. The van der Waals surface area contributed by atoms with E-state index in [0.29, 0.717) is 34.4 Å². The Morgan fingerprint density at radius 2 is 1.98 bits per heavy atom. The number of aromatic nitrogens is 3. The number of hydrogen-bond acceptors (Lipinski definition) is 8. The van der Waals surface area contributed by atoms with Crippen LogP contribution in [0.25, 0.3) is 16.6 Å².